The second-order valence-corrected chi connectivity index (χ2v) is 5.26. The van der Waals surface area contributed by atoms with E-state index in [-0.39, 0.29) is 11.5 Å². The van der Waals surface area contributed by atoms with Gasteiger partial charge in [-0.1, -0.05) is 12.1 Å². The topological polar surface area (TPSA) is 111 Å². The third kappa shape index (κ3) is 3.47. The van der Waals surface area contributed by atoms with Gasteiger partial charge in [0.1, 0.15) is 5.56 Å². The molecule has 0 fully saturated rings. The fourth-order valence-electron chi connectivity index (χ4n) is 2.21. The molecule has 1 aromatic heterocycles. The zero-order chi connectivity index (χ0) is 18.7. The lowest BCUT2D eigenvalue weighted by Gasteiger charge is -2.08. The first-order valence-corrected chi connectivity index (χ1v) is 7.45. The highest BCUT2D eigenvalue weighted by atomic mass is 16.5. The van der Waals surface area contributed by atoms with E-state index in [1.807, 2.05) is 0 Å². The molecule has 8 nitrogen and oxygen atoms in total. The summed E-state index contributed by atoms with van der Waals surface area (Å²) in [6.45, 7) is 2.13. The first-order valence-electron chi connectivity index (χ1n) is 7.45. The Kier molecular flexibility index (Phi) is 5.11. The zero-order valence-corrected chi connectivity index (χ0v) is 14.0. The average molecular weight is 346 g/mol. The molecule has 0 aliphatic carbocycles. The molecule has 0 amide bonds. The summed E-state index contributed by atoms with van der Waals surface area (Å²) in [7, 11) is 2.48. The third-order valence-electron chi connectivity index (χ3n) is 3.59. The number of ether oxygens (including phenoxy) is 1. The number of aromatic hydroxyl groups is 2. The van der Waals surface area contributed by atoms with E-state index >= 15 is 0 Å². The molecule has 0 saturated heterocycles. The number of ketones is 1. The molecule has 8 heteroatoms. The normalized spacial score (nSPS) is 11.0. The van der Waals surface area contributed by atoms with Crippen LogP contribution in [0.15, 0.2) is 33.9 Å². The van der Waals surface area contributed by atoms with E-state index in [1.165, 1.54) is 32.3 Å². The number of nitrogens with zero attached hydrogens (tertiary/aromatic N) is 2. The highest BCUT2D eigenvalue weighted by Crippen LogP contribution is 2.27. The van der Waals surface area contributed by atoms with Gasteiger partial charge in [0.25, 0.3) is 5.56 Å². The van der Waals surface area contributed by atoms with Gasteiger partial charge in [-0.2, -0.15) is 0 Å². The van der Waals surface area contributed by atoms with Crippen molar-refractivity contribution in [3.63, 3.8) is 0 Å². The summed E-state index contributed by atoms with van der Waals surface area (Å²) >= 11 is 0. The predicted octanol–water partition coefficient (Wildman–Crippen LogP) is 0.790. The van der Waals surface area contributed by atoms with Crippen LogP contribution in [0, 0.1) is 0 Å². The average Bonchev–Trinajstić information content (AvgIpc) is 2.59. The van der Waals surface area contributed by atoms with Crippen LogP contribution in [0.3, 0.4) is 0 Å². The lowest BCUT2D eigenvalue weighted by molar-refractivity contribution is 0.104. The smallest absolute Gasteiger partial charge is 0.333 e. The van der Waals surface area contributed by atoms with Crippen LogP contribution in [0.5, 0.6) is 17.4 Å². The fourth-order valence-corrected chi connectivity index (χ4v) is 2.21. The Labute approximate surface area is 142 Å². The Hall–Kier alpha value is -3.29. The minimum absolute atomic E-state index is 0.0325. The van der Waals surface area contributed by atoms with Crippen molar-refractivity contribution in [2.24, 2.45) is 14.1 Å². The molecule has 0 aliphatic heterocycles. The summed E-state index contributed by atoms with van der Waals surface area (Å²) in [5.41, 5.74) is -1.56. The van der Waals surface area contributed by atoms with Crippen LogP contribution >= 0.6 is 0 Å². The first kappa shape index (κ1) is 18.1. The number of carbonyl (C=O) groups is 1. The van der Waals surface area contributed by atoms with Crippen LogP contribution < -0.4 is 16.0 Å². The molecule has 0 saturated carbocycles. The SMILES string of the molecule is CCOc1cc(/C=C/C(=O)c2c(O)n(C)c(=O)n(C)c2=O)ccc1O. The fraction of sp³-hybridized carbons (Fsp3) is 0.235. The van der Waals surface area contributed by atoms with Crippen molar-refractivity contribution in [1.82, 2.24) is 9.13 Å². The van der Waals surface area contributed by atoms with Gasteiger partial charge in [0, 0.05) is 14.1 Å². The summed E-state index contributed by atoms with van der Waals surface area (Å²) in [6.07, 6.45) is 2.51. The van der Waals surface area contributed by atoms with Crippen LogP contribution in [0.1, 0.15) is 22.8 Å². The van der Waals surface area contributed by atoms with E-state index in [1.54, 1.807) is 13.0 Å². The maximum absolute atomic E-state index is 12.3. The molecule has 2 aromatic rings. The van der Waals surface area contributed by atoms with Crippen molar-refractivity contribution in [3.05, 3.63) is 56.2 Å². The van der Waals surface area contributed by atoms with Gasteiger partial charge in [-0.3, -0.25) is 18.7 Å². The standard InChI is InChI=1S/C17H18N2O6/c1-4-25-13-9-10(5-7-11(13)20)6-8-12(21)14-15(22)18(2)17(24)19(3)16(14)23/h5-9,20,22H,4H2,1-3H3/b8-6+. The number of rotatable bonds is 5. The Morgan fingerprint density at radius 2 is 1.88 bits per heavy atom. The molecule has 0 aliphatic rings. The van der Waals surface area contributed by atoms with Gasteiger partial charge >= 0.3 is 5.69 Å². The van der Waals surface area contributed by atoms with Crippen molar-refractivity contribution >= 4 is 11.9 Å². The van der Waals surface area contributed by atoms with Gasteiger partial charge in [-0.25, -0.2) is 4.79 Å². The Bertz CT molecular complexity index is 968. The number of hydrogen-bond acceptors (Lipinski definition) is 6. The van der Waals surface area contributed by atoms with Gasteiger partial charge in [-0.05, 0) is 30.7 Å². The molecule has 0 spiro atoms. The molecule has 0 atom stereocenters. The molecule has 1 heterocycles. The van der Waals surface area contributed by atoms with Gasteiger partial charge in [0.15, 0.2) is 17.3 Å². The molecular formula is C17H18N2O6. The van der Waals surface area contributed by atoms with Crippen molar-refractivity contribution in [2.75, 3.05) is 6.61 Å². The minimum atomic E-state index is -0.879. The zero-order valence-electron chi connectivity index (χ0n) is 14.0. The molecule has 2 rings (SSSR count). The van der Waals surface area contributed by atoms with E-state index in [0.29, 0.717) is 12.2 Å². The summed E-state index contributed by atoms with van der Waals surface area (Å²) in [6, 6.07) is 4.50. The molecule has 25 heavy (non-hydrogen) atoms. The maximum atomic E-state index is 12.3. The predicted molar refractivity (Wildman–Crippen MR) is 91.2 cm³/mol. The highest BCUT2D eigenvalue weighted by molar-refractivity contribution is 6.08. The molecule has 0 radical (unpaired) electrons. The number of hydrogen-bond donors (Lipinski definition) is 2. The number of aromatic nitrogens is 2. The second-order valence-electron chi connectivity index (χ2n) is 5.26. The summed E-state index contributed by atoms with van der Waals surface area (Å²) < 4.78 is 6.81. The molecule has 2 N–H and O–H groups in total. The summed E-state index contributed by atoms with van der Waals surface area (Å²) in [4.78, 5) is 36.1. The number of phenolic OH excluding ortho intramolecular Hbond substituents is 1. The van der Waals surface area contributed by atoms with Crippen molar-refractivity contribution in [2.45, 2.75) is 6.92 Å². The number of carbonyl (C=O) groups excluding carboxylic acids is 1. The van der Waals surface area contributed by atoms with E-state index in [9.17, 15) is 24.6 Å². The van der Waals surface area contributed by atoms with E-state index < -0.39 is 28.5 Å². The largest absolute Gasteiger partial charge is 0.504 e. The van der Waals surface area contributed by atoms with Crippen LogP contribution in [0.4, 0.5) is 0 Å². The number of allylic oxidation sites excluding steroid dienone is 1. The van der Waals surface area contributed by atoms with Crippen LogP contribution in [-0.2, 0) is 14.1 Å². The second kappa shape index (κ2) is 7.08. The van der Waals surface area contributed by atoms with Gasteiger partial charge < -0.3 is 14.9 Å². The lowest BCUT2D eigenvalue weighted by atomic mass is 10.1. The lowest BCUT2D eigenvalue weighted by Crippen LogP contribution is -2.39. The van der Waals surface area contributed by atoms with Gasteiger partial charge in [0.05, 0.1) is 6.61 Å². The number of benzene rings is 1. The molecule has 0 bridgehead atoms. The van der Waals surface area contributed by atoms with E-state index in [4.69, 9.17) is 4.74 Å². The Morgan fingerprint density at radius 1 is 1.20 bits per heavy atom. The van der Waals surface area contributed by atoms with Crippen molar-refractivity contribution < 1.29 is 19.7 Å². The first-order chi connectivity index (χ1) is 11.8. The number of phenols is 1. The molecule has 132 valence electrons. The van der Waals surface area contributed by atoms with Crippen molar-refractivity contribution in [1.29, 1.82) is 0 Å². The molecule has 0 unspecified atom stereocenters. The van der Waals surface area contributed by atoms with E-state index in [0.717, 1.165) is 15.2 Å². The Morgan fingerprint density at radius 3 is 2.52 bits per heavy atom. The monoisotopic (exact) mass is 346 g/mol. The maximum Gasteiger partial charge on any atom is 0.333 e. The van der Waals surface area contributed by atoms with Crippen LogP contribution in [0.2, 0.25) is 0 Å². The van der Waals surface area contributed by atoms with Gasteiger partial charge in [-0.15, -0.1) is 0 Å². The van der Waals surface area contributed by atoms with E-state index in [2.05, 4.69) is 0 Å². The van der Waals surface area contributed by atoms with Gasteiger partial charge in [0.2, 0.25) is 5.88 Å². The summed E-state index contributed by atoms with van der Waals surface area (Å²) in [5, 5.41) is 19.6. The Balaban J connectivity index is 2.41. The third-order valence-corrected chi connectivity index (χ3v) is 3.59. The quantitative estimate of drug-likeness (QED) is 0.612. The highest BCUT2D eigenvalue weighted by Gasteiger charge is 2.19. The summed E-state index contributed by atoms with van der Waals surface area (Å²) in [5.74, 6) is -1.21. The van der Waals surface area contributed by atoms with Crippen molar-refractivity contribution in [3.8, 4) is 17.4 Å². The molecule has 1 aromatic carbocycles. The molecular weight excluding hydrogens is 328 g/mol. The minimum Gasteiger partial charge on any atom is -0.504 e. The van der Waals surface area contributed by atoms with Crippen LogP contribution in [0.25, 0.3) is 6.08 Å². The van der Waals surface area contributed by atoms with Crippen LogP contribution in [-0.4, -0.2) is 31.7 Å².